The number of halogens is 1. The first kappa shape index (κ1) is 5.93. The molecule has 0 bridgehead atoms. The number of hydrogen-bond donors (Lipinski definition) is 0. The quantitative estimate of drug-likeness (QED) is 0.374. The number of hydrogen-bond acceptors (Lipinski definition) is 0. The molecular weight excluding hydrogens is 78.0 g/mol. The van der Waals surface area contributed by atoms with Gasteiger partial charge in [-0.05, 0) is 12.8 Å². The van der Waals surface area contributed by atoms with Crippen LogP contribution in [0.25, 0.3) is 0 Å². The molecule has 1 aliphatic rings. The monoisotopic (exact) mass is 84.0 g/mol. The van der Waals surface area contributed by atoms with Crippen LogP contribution < -0.4 is 0 Å². The van der Waals surface area contributed by atoms with E-state index in [1.54, 1.807) is 0 Å². The number of alkyl halides is 1. The van der Waals surface area contributed by atoms with Gasteiger partial charge in [-0.2, -0.15) is 0 Å². The van der Waals surface area contributed by atoms with Crippen molar-refractivity contribution in [2.24, 2.45) is 0 Å². The Bertz CT molecular complexity index is 26.1. The van der Waals surface area contributed by atoms with E-state index in [1.165, 1.54) is 0 Å². The van der Waals surface area contributed by atoms with Crippen LogP contribution in [0.4, 0.5) is 4.39 Å². The predicted molar refractivity (Wildman–Crippen MR) is 21.3 cm³/mol. The summed E-state index contributed by atoms with van der Waals surface area (Å²) >= 11 is 0. The van der Waals surface area contributed by atoms with Gasteiger partial charge >= 0.3 is 29.6 Å². The SMILES string of the molecule is FC1CC1.[NaH]. The average molecular weight is 84.1 g/mol. The Kier molecular flexibility index (Phi) is 2.57. The summed E-state index contributed by atoms with van der Waals surface area (Å²) in [5.74, 6) is 0. The van der Waals surface area contributed by atoms with Crippen LogP contribution in [0, 0.1) is 0 Å². The molecule has 0 nitrogen and oxygen atoms in total. The fraction of sp³-hybridized carbons (Fsp3) is 1.00. The molecule has 0 atom stereocenters. The van der Waals surface area contributed by atoms with Crippen LogP contribution in [0.1, 0.15) is 12.8 Å². The van der Waals surface area contributed by atoms with Gasteiger partial charge in [-0.25, -0.2) is 4.39 Å². The van der Waals surface area contributed by atoms with Crippen molar-refractivity contribution < 1.29 is 4.39 Å². The summed E-state index contributed by atoms with van der Waals surface area (Å²) in [5.41, 5.74) is 0. The van der Waals surface area contributed by atoms with E-state index in [9.17, 15) is 4.39 Å². The zero-order valence-corrected chi connectivity index (χ0v) is 2.37. The van der Waals surface area contributed by atoms with Crippen LogP contribution in [-0.2, 0) is 0 Å². The fourth-order valence-electron chi connectivity index (χ4n) is 0.0630. The van der Waals surface area contributed by atoms with Gasteiger partial charge in [-0.15, -0.1) is 0 Å². The van der Waals surface area contributed by atoms with E-state index >= 15 is 0 Å². The second kappa shape index (κ2) is 2.17. The second-order valence-corrected chi connectivity index (χ2v) is 1.17. The third-order valence-electron chi connectivity index (χ3n) is 0.507. The van der Waals surface area contributed by atoms with Crippen molar-refractivity contribution in [1.29, 1.82) is 0 Å². The van der Waals surface area contributed by atoms with Crippen molar-refractivity contribution in [3.05, 3.63) is 0 Å². The minimum atomic E-state index is -0.417. The van der Waals surface area contributed by atoms with Crippen LogP contribution in [0.3, 0.4) is 0 Å². The molecule has 0 aromatic carbocycles. The molecule has 26 valence electrons. The predicted octanol–water partition coefficient (Wildman–Crippen LogP) is 0.470. The molecule has 1 fully saturated rings. The van der Waals surface area contributed by atoms with Crippen molar-refractivity contribution in [2.75, 3.05) is 0 Å². The van der Waals surface area contributed by atoms with Gasteiger partial charge in [0, 0.05) is 0 Å². The Morgan fingerprint density at radius 1 is 1.40 bits per heavy atom. The van der Waals surface area contributed by atoms with E-state index in [-0.39, 0.29) is 29.6 Å². The molecule has 0 amide bonds. The molecule has 0 saturated heterocycles. The standard InChI is InChI=1S/C3H5F.Na.H/c4-3-1-2-3;;/h3H,1-2H2;;. The minimum absolute atomic E-state index is 0. The van der Waals surface area contributed by atoms with E-state index in [4.69, 9.17) is 0 Å². The molecule has 0 spiro atoms. The zero-order valence-electron chi connectivity index (χ0n) is 2.37. The van der Waals surface area contributed by atoms with Crippen LogP contribution in [0.15, 0.2) is 0 Å². The molecule has 0 heterocycles. The van der Waals surface area contributed by atoms with Gasteiger partial charge in [0.15, 0.2) is 0 Å². The average Bonchev–Trinajstić information content (AvgIpc) is 1.75. The van der Waals surface area contributed by atoms with Crippen LogP contribution in [-0.4, -0.2) is 35.7 Å². The van der Waals surface area contributed by atoms with Crippen molar-refractivity contribution in [3.63, 3.8) is 0 Å². The third kappa shape index (κ3) is 2.74. The Balaban J connectivity index is 0.000000160. The summed E-state index contributed by atoms with van der Waals surface area (Å²) in [5, 5.41) is 0. The Hall–Kier alpha value is 0.930. The molecule has 0 aromatic heterocycles. The van der Waals surface area contributed by atoms with Crippen molar-refractivity contribution >= 4 is 29.6 Å². The van der Waals surface area contributed by atoms with Crippen molar-refractivity contribution in [2.45, 2.75) is 19.0 Å². The van der Waals surface area contributed by atoms with Gasteiger partial charge in [0.25, 0.3) is 0 Å². The van der Waals surface area contributed by atoms with Gasteiger partial charge in [0.05, 0.1) is 0 Å². The first-order valence-electron chi connectivity index (χ1n) is 1.53. The third-order valence-corrected chi connectivity index (χ3v) is 0.507. The molecule has 1 rings (SSSR count). The van der Waals surface area contributed by atoms with Crippen LogP contribution >= 0.6 is 0 Å². The summed E-state index contributed by atoms with van der Waals surface area (Å²) in [6.45, 7) is 0. The van der Waals surface area contributed by atoms with Gasteiger partial charge in [-0.3, -0.25) is 0 Å². The Morgan fingerprint density at radius 3 is 1.60 bits per heavy atom. The molecule has 5 heavy (non-hydrogen) atoms. The summed E-state index contributed by atoms with van der Waals surface area (Å²) in [4.78, 5) is 0. The molecule has 0 aliphatic heterocycles. The topological polar surface area (TPSA) is 0 Å². The molecule has 0 aromatic rings. The second-order valence-electron chi connectivity index (χ2n) is 1.17. The van der Waals surface area contributed by atoms with Crippen LogP contribution in [0.2, 0.25) is 0 Å². The molecule has 1 saturated carbocycles. The molecule has 2 heteroatoms. The Morgan fingerprint density at radius 2 is 1.60 bits per heavy atom. The van der Waals surface area contributed by atoms with Crippen LogP contribution in [0.5, 0.6) is 0 Å². The maximum absolute atomic E-state index is 11.1. The van der Waals surface area contributed by atoms with E-state index in [0.717, 1.165) is 12.8 Å². The summed E-state index contributed by atoms with van der Waals surface area (Å²) < 4.78 is 11.1. The fourth-order valence-corrected chi connectivity index (χ4v) is 0.0630. The molecular formula is C3H6FNa. The van der Waals surface area contributed by atoms with E-state index in [0.29, 0.717) is 0 Å². The summed E-state index contributed by atoms with van der Waals surface area (Å²) in [6.07, 6.45) is 1.22. The zero-order chi connectivity index (χ0) is 2.99. The van der Waals surface area contributed by atoms with E-state index in [2.05, 4.69) is 0 Å². The van der Waals surface area contributed by atoms with Gasteiger partial charge in [0.2, 0.25) is 0 Å². The number of rotatable bonds is 0. The normalized spacial score (nSPS) is 21.0. The molecule has 0 radical (unpaired) electrons. The molecule has 0 N–H and O–H groups in total. The van der Waals surface area contributed by atoms with Gasteiger partial charge in [0.1, 0.15) is 6.17 Å². The molecule has 1 aliphatic carbocycles. The van der Waals surface area contributed by atoms with Crippen molar-refractivity contribution in [1.82, 2.24) is 0 Å². The maximum atomic E-state index is 11.1. The summed E-state index contributed by atoms with van der Waals surface area (Å²) in [6, 6.07) is 0. The Labute approximate surface area is 53.0 Å². The van der Waals surface area contributed by atoms with Gasteiger partial charge in [-0.1, -0.05) is 0 Å². The molecule has 0 unspecified atom stereocenters. The van der Waals surface area contributed by atoms with E-state index < -0.39 is 6.17 Å². The first-order valence-corrected chi connectivity index (χ1v) is 1.53. The van der Waals surface area contributed by atoms with Crippen molar-refractivity contribution in [3.8, 4) is 0 Å². The summed E-state index contributed by atoms with van der Waals surface area (Å²) in [7, 11) is 0. The first-order chi connectivity index (χ1) is 1.89. The van der Waals surface area contributed by atoms with Gasteiger partial charge < -0.3 is 0 Å². The van der Waals surface area contributed by atoms with E-state index in [1.807, 2.05) is 0 Å².